The minimum atomic E-state index is 0.673. The maximum Gasteiger partial charge on any atom is 0.144 e. The highest BCUT2D eigenvalue weighted by Gasteiger charge is 2.06. The molecule has 1 rings (SSSR count). The van der Waals surface area contributed by atoms with E-state index in [1.54, 1.807) is 0 Å². The second-order valence-corrected chi connectivity index (χ2v) is 3.77. The van der Waals surface area contributed by atoms with E-state index in [1.807, 2.05) is 33.8 Å². The third-order valence-electron chi connectivity index (χ3n) is 1.83. The lowest BCUT2D eigenvalue weighted by molar-refractivity contribution is 0.331. The van der Waals surface area contributed by atoms with E-state index in [2.05, 4.69) is 15.9 Å². The van der Waals surface area contributed by atoms with Gasteiger partial charge in [0.05, 0.1) is 17.7 Å². The maximum atomic E-state index is 5.47. The van der Waals surface area contributed by atoms with E-state index in [4.69, 9.17) is 9.47 Å². The first-order valence-corrected chi connectivity index (χ1v) is 5.54. The van der Waals surface area contributed by atoms with Gasteiger partial charge in [0.1, 0.15) is 19.3 Å². The van der Waals surface area contributed by atoms with Gasteiger partial charge in [-0.25, -0.2) is 0 Å². The van der Waals surface area contributed by atoms with Gasteiger partial charge < -0.3 is 9.47 Å². The van der Waals surface area contributed by atoms with Crippen LogP contribution in [0.5, 0.6) is 11.5 Å². The van der Waals surface area contributed by atoms with Gasteiger partial charge >= 0.3 is 0 Å². The summed E-state index contributed by atoms with van der Waals surface area (Å²) in [5, 5.41) is 0. The van der Waals surface area contributed by atoms with Gasteiger partial charge in [-0.05, 0) is 47.4 Å². The fourth-order valence-electron chi connectivity index (χ4n) is 1.21. The summed E-state index contributed by atoms with van der Waals surface area (Å²) in [5.41, 5.74) is 1.10. The molecular weight excluding hydrogens is 243 g/mol. The second kappa shape index (κ2) is 5.30. The highest BCUT2D eigenvalue weighted by Crippen LogP contribution is 2.27. The van der Waals surface area contributed by atoms with Crippen molar-refractivity contribution in [3.05, 3.63) is 16.6 Å². The highest BCUT2D eigenvalue weighted by molar-refractivity contribution is 9.10. The van der Waals surface area contributed by atoms with E-state index < -0.39 is 0 Å². The van der Waals surface area contributed by atoms with Crippen LogP contribution in [-0.2, 0) is 0 Å². The number of hydrogen-bond acceptors (Lipinski definition) is 2. The fraction of sp³-hybridized carbons (Fsp3) is 0.400. The van der Waals surface area contributed by atoms with Crippen molar-refractivity contribution in [1.29, 1.82) is 0 Å². The zero-order valence-corrected chi connectivity index (χ0v) is 10.3. The minimum absolute atomic E-state index is 0.673. The Morgan fingerprint density at radius 3 is 2.29 bits per heavy atom. The summed E-state index contributed by atoms with van der Waals surface area (Å²) >= 11 is 3.45. The Morgan fingerprint density at radius 1 is 1.14 bits per heavy atom. The maximum absolute atomic E-state index is 5.47. The molecule has 0 aliphatic rings. The quantitative estimate of drug-likeness (QED) is 0.761. The van der Waals surface area contributed by atoms with Crippen LogP contribution in [0.15, 0.2) is 16.6 Å². The van der Waals surface area contributed by atoms with E-state index in [1.165, 1.54) is 0 Å². The van der Waals surface area contributed by atoms with Crippen molar-refractivity contribution in [3.8, 4) is 11.5 Å². The van der Waals surface area contributed by atoms with Crippen LogP contribution in [0.3, 0.4) is 0 Å². The van der Waals surface area contributed by atoms with Crippen LogP contribution in [-0.4, -0.2) is 21.1 Å². The van der Waals surface area contributed by atoms with Crippen molar-refractivity contribution in [3.63, 3.8) is 0 Å². The van der Waals surface area contributed by atoms with Crippen LogP contribution in [0.2, 0.25) is 0 Å². The largest absolute Gasteiger partial charge is 0.494 e. The third-order valence-corrected chi connectivity index (χ3v) is 2.45. The van der Waals surface area contributed by atoms with Gasteiger partial charge in [0.2, 0.25) is 0 Å². The molecule has 0 atom stereocenters. The molecule has 0 fully saturated rings. The fourth-order valence-corrected chi connectivity index (χ4v) is 1.65. The van der Waals surface area contributed by atoms with Gasteiger partial charge in [0.15, 0.2) is 0 Å². The summed E-state index contributed by atoms with van der Waals surface area (Å²) in [7, 11) is 2.01. The van der Waals surface area contributed by atoms with Crippen molar-refractivity contribution in [1.82, 2.24) is 0 Å². The number of benzene rings is 1. The Hall–Kier alpha value is -0.635. The molecular formula is C10H14BBrO2. The molecule has 0 aliphatic carbocycles. The summed E-state index contributed by atoms with van der Waals surface area (Å²) in [6.45, 7) is 5.30. The molecule has 0 N–H and O–H groups in total. The van der Waals surface area contributed by atoms with E-state index in [0.29, 0.717) is 13.2 Å². The topological polar surface area (TPSA) is 18.5 Å². The Labute approximate surface area is 94.1 Å². The predicted octanol–water partition coefficient (Wildman–Crippen LogP) is 1.50. The van der Waals surface area contributed by atoms with E-state index in [9.17, 15) is 0 Å². The van der Waals surface area contributed by atoms with Crippen LogP contribution in [0, 0.1) is 0 Å². The van der Waals surface area contributed by atoms with E-state index in [-0.39, 0.29) is 0 Å². The van der Waals surface area contributed by atoms with Crippen molar-refractivity contribution < 1.29 is 9.47 Å². The number of halogens is 1. The Balaban J connectivity index is 2.97. The van der Waals surface area contributed by atoms with Crippen LogP contribution < -0.4 is 14.9 Å². The standard InChI is InChI=1S/C10H14BBrO2/c1-3-13-9-6-8(12)10(14-4-2)5-7(9)11/h5-6H,3-4,11H2,1-2H3. The second-order valence-electron chi connectivity index (χ2n) is 2.91. The lowest BCUT2D eigenvalue weighted by atomic mass is 9.95. The van der Waals surface area contributed by atoms with Crippen LogP contribution in [0.25, 0.3) is 0 Å². The average Bonchev–Trinajstić information content (AvgIpc) is 2.14. The smallest absolute Gasteiger partial charge is 0.144 e. The molecule has 76 valence electrons. The molecule has 0 aliphatic heterocycles. The Morgan fingerprint density at radius 2 is 1.71 bits per heavy atom. The summed E-state index contributed by atoms with van der Waals surface area (Å²) in [6.07, 6.45) is 0. The molecule has 0 radical (unpaired) electrons. The Bertz CT molecular complexity index is 283. The van der Waals surface area contributed by atoms with E-state index in [0.717, 1.165) is 21.4 Å². The van der Waals surface area contributed by atoms with Crippen LogP contribution >= 0.6 is 15.9 Å². The molecule has 0 saturated carbocycles. The molecule has 0 aromatic heterocycles. The van der Waals surface area contributed by atoms with Gasteiger partial charge in [-0.15, -0.1) is 0 Å². The average molecular weight is 257 g/mol. The normalized spacial score (nSPS) is 9.93. The molecule has 1 aromatic carbocycles. The molecule has 2 nitrogen and oxygen atoms in total. The monoisotopic (exact) mass is 256 g/mol. The number of rotatable bonds is 4. The lowest BCUT2D eigenvalue weighted by Gasteiger charge is -2.11. The van der Waals surface area contributed by atoms with Gasteiger partial charge in [-0.1, -0.05) is 0 Å². The van der Waals surface area contributed by atoms with Crippen molar-refractivity contribution >= 4 is 29.2 Å². The van der Waals surface area contributed by atoms with Gasteiger partial charge in [-0.3, -0.25) is 0 Å². The molecule has 1 aromatic rings. The number of ether oxygens (including phenoxy) is 2. The molecule has 0 amide bonds. The summed E-state index contributed by atoms with van der Waals surface area (Å²) in [6, 6.07) is 3.93. The molecule has 0 heterocycles. The highest BCUT2D eigenvalue weighted by atomic mass is 79.9. The first-order chi connectivity index (χ1) is 6.69. The third kappa shape index (κ3) is 2.67. The first-order valence-electron chi connectivity index (χ1n) is 4.74. The SMILES string of the molecule is Bc1cc(OCC)c(Br)cc1OCC. The molecule has 4 heteroatoms. The molecule has 0 bridgehead atoms. The molecule has 0 spiro atoms. The molecule has 14 heavy (non-hydrogen) atoms. The van der Waals surface area contributed by atoms with Crippen molar-refractivity contribution in [2.24, 2.45) is 0 Å². The Kier molecular flexibility index (Phi) is 4.33. The van der Waals surface area contributed by atoms with Gasteiger partial charge in [0, 0.05) is 0 Å². The van der Waals surface area contributed by atoms with Crippen molar-refractivity contribution in [2.75, 3.05) is 13.2 Å². The van der Waals surface area contributed by atoms with Crippen molar-refractivity contribution in [2.45, 2.75) is 13.8 Å². The minimum Gasteiger partial charge on any atom is -0.494 e. The van der Waals surface area contributed by atoms with Gasteiger partial charge in [-0.2, -0.15) is 0 Å². The van der Waals surface area contributed by atoms with Gasteiger partial charge in [0.25, 0.3) is 0 Å². The molecule has 0 unspecified atom stereocenters. The zero-order chi connectivity index (χ0) is 10.6. The summed E-state index contributed by atoms with van der Waals surface area (Å²) in [4.78, 5) is 0. The summed E-state index contributed by atoms with van der Waals surface area (Å²) in [5.74, 6) is 1.77. The van der Waals surface area contributed by atoms with Crippen LogP contribution in [0.4, 0.5) is 0 Å². The first kappa shape index (κ1) is 11.4. The lowest BCUT2D eigenvalue weighted by Crippen LogP contribution is -2.10. The zero-order valence-electron chi connectivity index (χ0n) is 8.76. The number of hydrogen-bond donors (Lipinski definition) is 0. The van der Waals surface area contributed by atoms with Crippen LogP contribution in [0.1, 0.15) is 13.8 Å². The predicted molar refractivity (Wildman–Crippen MR) is 64.7 cm³/mol. The van der Waals surface area contributed by atoms with E-state index >= 15 is 0 Å². The summed E-state index contributed by atoms with van der Waals surface area (Å²) < 4.78 is 11.9. The molecule has 0 saturated heterocycles.